The van der Waals surface area contributed by atoms with Gasteiger partial charge < -0.3 is 18.9 Å². The summed E-state index contributed by atoms with van der Waals surface area (Å²) in [4.78, 5) is 32.1. The number of benzene rings is 2. The van der Waals surface area contributed by atoms with Crippen LogP contribution in [0.4, 0.5) is 0 Å². The maximum Gasteiger partial charge on any atom is 0.338 e. The number of carbonyl (C=O) groups excluding carboxylic acids is 1. The molecule has 9 nitrogen and oxygen atoms in total. The largest absolute Gasteiger partial charge is 0.493 e. The highest BCUT2D eigenvalue weighted by atomic mass is 32.1. The number of hydrogen-bond acceptors (Lipinski definition) is 9. The lowest BCUT2D eigenvalue weighted by Crippen LogP contribution is -2.40. The lowest BCUT2D eigenvalue weighted by Gasteiger charge is -2.26. The van der Waals surface area contributed by atoms with Gasteiger partial charge >= 0.3 is 5.97 Å². The fraction of sp³-hybridized carbons (Fsp3) is 0.286. The standard InChI is InChI=1S/C28H27N3O6S/c1-5-35-25-20(8-7-9-21(25)34-4)24-23(27(33)36-6-2)17(3)30-28-31(24)26(32)22(38-28)16-18-10-12-19(13-11-18)37-15-14-29/h7-13,16,24H,5-6,15H2,1-4H3/b22-16+/t24-/m1/s1. The van der Waals surface area contributed by atoms with Crippen molar-refractivity contribution in [2.24, 2.45) is 4.99 Å². The van der Waals surface area contributed by atoms with E-state index in [9.17, 15) is 9.59 Å². The van der Waals surface area contributed by atoms with Gasteiger partial charge in [-0.25, -0.2) is 9.79 Å². The van der Waals surface area contributed by atoms with Crippen LogP contribution < -0.4 is 29.1 Å². The van der Waals surface area contributed by atoms with Crippen molar-refractivity contribution in [2.45, 2.75) is 26.8 Å². The number of rotatable bonds is 9. The molecule has 0 aliphatic carbocycles. The Morgan fingerprint density at radius 3 is 2.58 bits per heavy atom. The molecule has 196 valence electrons. The molecule has 1 aromatic heterocycles. The molecule has 0 fully saturated rings. The summed E-state index contributed by atoms with van der Waals surface area (Å²) in [6.07, 6.45) is 1.76. The number of methoxy groups -OCH3 is 1. The lowest BCUT2D eigenvalue weighted by molar-refractivity contribution is -0.139. The van der Waals surface area contributed by atoms with Crippen LogP contribution in [0.1, 0.15) is 37.9 Å². The number of esters is 1. The van der Waals surface area contributed by atoms with Gasteiger partial charge in [0.25, 0.3) is 5.56 Å². The zero-order valence-electron chi connectivity index (χ0n) is 21.5. The molecule has 3 aromatic rings. The van der Waals surface area contributed by atoms with Gasteiger partial charge in [-0.2, -0.15) is 5.26 Å². The first-order valence-corrected chi connectivity index (χ1v) is 12.8. The van der Waals surface area contributed by atoms with Gasteiger partial charge in [0.1, 0.15) is 17.9 Å². The topological polar surface area (TPSA) is 112 Å². The van der Waals surface area contributed by atoms with Gasteiger partial charge in [-0.15, -0.1) is 0 Å². The molecule has 2 aromatic carbocycles. The van der Waals surface area contributed by atoms with Crippen molar-refractivity contribution in [3.05, 3.63) is 84.5 Å². The minimum Gasteiger partial charge on any atom is -0.493 e. The second-order valence-electron chi connectivity index (χ2n) is 8.13. The second-order valence-corrected chi connectivity index (χ2v) is 9.14. The summed E-state index contributed by atoms with van der Waals surface area (Å²) in [5.41, 5.74) is 1.79. The molecule has 4 rings (SSSR count). The van der Waals surface area contributed by atoms with Crippen molar-refractivity contribution in [3.8, 4) is 23.3 Å². The molecule has 2 heterocycles. The van der Waals surface area contributed by atoms with E-state index in [1.54, 1.807) is 56.3 Å². The van der Waals surface area contributed by atoms with E-state index in [0.717, 1.165) is 5.56 Å². The molecule has 1 aliphatic rings. The van der Waals surface area contributed by atoms with Gasteiger partial charge in [0, 0.05) is 5.56 Å². The fourth-order valence-electron chi connectivity index (χ4n) is 4.22. The normalized spacial score (nSPS) is 14.8. The van der Waals surface area contributed by atoms with E-state index in [1.165, 1.54) is 23.0 Å². The first-order chi connectivity index (χ1) is 18.4. The van der Waals surface area contributed by atoms with E-state index in [-0.39, 0.29) is 24.3 Å². The van der Waals surface area contributed by atoms with Gasteiger partial charge in [0.05, 0.1) is 36.1 Å². The number of nitriles is 1. The monoisotopic (exact) mass is 533 g/mol. The minimum absolute atomic E-state index is 0.0475. The number of allylic oxidation sites excluding steroid dienone is 1. The first-order valence-electron chi connectivity index (χ1n) is 12.0. The van der Waals surface area contributed by atoms with Crippen LogP contribution in [0.2, 0.25) is 0 Å². The number of carbonyl (C=O) groups is 1. The summed E-state index contributed by atoms with van der Waals surface area (Å²) in [5, 5.41) is 8.70. The van der Waals surface area contributed by atoms with Crippen molar-refractivity contribution >= 4 is 23.4 Å². The van der Waals surface area contributed by atoms with E-state index in [0.29, 0.717) is 44.4 Å². The van der Waals surface area contributed by atoms with Crippen LogP contribution in [0.5, 0.6) is 17.2 Å². The minimum atomic E-state index is -0.828. The number of fused-ring (bicyclic) bond motifs is 1. The lowest BCUT2D eigenvalue weighted by atomic mass is 9.94. The van der Waals surface area contributed by atoms with Gasteiger partial charge in [-0.1, -0.05) is 35.6 Å². The predicted molar refractivity (Wildman–Crippen MR) is 142 cm³/mol. The molecule has 1 aliphatic heterocycles. The number of thiazole rings is 1. The molecule has 38 heavy (non-hydrogen) atoms. The van der Waals surface area contributed by atoms with E-state index in [4.69, 9.17) is 24.2 Å². The van der Waals surface area contributed by atoms with Gasteiger partial charge in [0.2, 0.25) is 0 Å². The highest BCUT2D eigenvalue weighted by Crippen LogP contribution is 2.40. The van der Waals surface area contributed by atoms with E-state index in [2.05, 4.69) is 4.99 Å². The highest BCUT2D eigenvalue weighted by Gasteiger charge is 2.35. The summed E-state index contributed by atoms with van der Waals surface area (Å²) in [7, 11) is 1.54. The van der Waals surface area contributed by atoms with Crippen LogP contribution in [-0.4, -0.2) is 37.5 Å². The Morgan fingerprint density at radius 2 is 1.92 bits per heavy atom. The summed E-state index contributed by atoms with van der Waals surface area (Å²) in [5.74, 6) is 0.942. The molecule has 0 bridgehead atoms. The highest BCUT2D eigenvalue weighted by molar-refractivity contribution is 7.07. The van der Waals surface area contributed by atoms with Crippen molar-refractivity contribution in [1.82, 2.24) is 4.57 Å². The average Bonchev–Trinajstić information content (AvgIpc) is 3.22. The van der Waals surface area contributed by atoms with Crippen molar-refractivity contribution in [2.75, 3.05) is 26.9 Å². The Morgan fingerprint density at radius 1 is 1.16 bits per heavy atom. The van der Waals surface area contributed by atoms with Gasteiger partial charge in [0.15, 0.2) is 22.9 Å². The molecule has 0 unspecified atom stereocenters. The van der Waals surface area contributed by atoms with Crippen LogP contribution >= 0.6 is 11.3 Å². The van der Waals surface area contributed by atoms with Gasteiger partial charge in [-0.05, 0) is 50.6 Å². The number of nitrogens with zero attached hydrogens (tertiary/aromatic N) is 3. The number of aromatic nitrogens is 1. The Labute approximate surface area is 223 Å². The molecule has 0 saturated heterocycles. The molecule has 10 heteroatoms. The second kappa shape index (κ2) is 11.8. The molecule has 0 amide bonds. The first kappa shape index (κ1) is 26.7. The maximum atomic E-state index is 13.8. The number of hydrogen-bond donors (Lipinski definition) is 0. The Hall–Kier alpha value is -4.36. The van der Waals surface area contributed by atoms with Crippen LogP contribution in [0.15, 0.2) is 63.5 Å². The van der Waals surface area contributed by atoms with Crippen molar-refractivity contribution in [3.63, 3.8) is 0 Å². The summed E-state index contributed by atoms with van der Waals surface area (Å²) in [6.45, 7) is 5.81. The molecule has 0 spiro atoms. The summed E-state index contributed by atoms with van der Waals surface area (Å²) < 4.78 is 24.1. The number of para-hydroxylation sites is 1. The van der Waals surface area contributed by atoms with Crippen molar-refractivity contribution < 1.29 is 23.7 Å². The number of ether oxygens (including phenoxy) is 4. The van der Waals surface area contributed by atoms with Crippen LogP contribution in [0.25, 0.3) is 6.08 Å². The average molecular weight is 534 g/mol. The van der Waals surface area contributed by atoms with Crippen LogP contribution in [-0.2, 0) is 9.53 Å². The Bertz CT molecular complexity index is 1600. The Balaban J connectivity index is 1.92. The third-order valence-electron chi connectivity index (χ3n) is 5.81. The van der Waals surface area contributed by atoms with Gasteiger partial charge in [-0.3, -0.25) is 9.36 Å². The molecular formula is C28H27N3O6S. The van der Waals surface area contributed by atoms with Crippen LogP contribution in [0.3, 0.4) is 0 Å². The fourth-order valence-corrected chi connectivity index (χ4v) is 5.27. The molecule has 0 saturated carbocycles. The zero-order chi connectivity index (χ0) is 27.2. The zero-order valence-corrected chi connectivity index (χ0v) is 22.3. The van der Waals surface area contributed by atoms with Crippen LogP contribution in [0, 0.1) is 11.3 Å². The summed E-state index contributed by atoms with van der Waals surface area (Å²) in [6, 6.07) is 13.5. The Kier molecular flexibility index (Phi) is 8.28. The van der Waals surface area contributed by atoms with E-state index >= 15 is 0 Å². The quantitative estimate of drug-likeness (QED) is 0.389. The van der Waals surface area contributed by atoms with Crippen molar-refractivity contribution in [1.29, 1.82) is 5.26 Å². The maximum absolute atomic E-state index is 13.8. The molecule has 0 radical (unpaired) electrons. The predicted octanol–water partition coefficient (Wildman–Crippen LogP) is 3.11. The molecule has 0 N–H and O–H groups in total. The van der Waals surface area contributed by atoms with E-state index < -0.39 is 12.0 Å². The third-order valence-corrected chi connectivity index (χ3v) is 6.79. The molecular weight excluding hydrogens is 506 g/mol. The smallest absolute Gasteiger partial charge is 0.338 e. The van der Waals surface area contributed by atoms with E-state index in [1.807, 2.05) is 19.1 Å². The third kappa shape index (κ3) is 5.19. The summed E-state index contributed by atoms with van der Waals surface area (Å²) >= 11 is 1.23. The SMILES string of the molecule is CCOC(=O)C1=C(C)N=c2s/c(=C/c3ccc(OCC#N)cc3)c(=O)n2[C@@H]1c1cccc(OC)c1OCC. The molecule has 1 atom stereocenters.